The summed E-state index contributed by atoms with van der Waals surface area (Å²) in [5, 5.41) is 16.4. The van der Waals surface area contributed by atoms with E-state index in [-0.39, 0.29) is 12.7 Å². The lowest BCUT2D eigenvalue weighted by atomic mass is 9.75. The number of nitriles is 1. The molecule has 0 spiro atoms. The average Bonchev–Trinajstić information content (AvgIpc) is 2.97. The van der Waals surface area contributed by atoms with E-state index in [1.165, 1.54) is 0 Å². The van der Waals surface area contributed by atoms with Crippen LogP contribution in [0.25, 0.3) is 0 Å². The maximum Gasteiger partial charge on any atom is 0.410 e. The summed E-state index contributed by atoms with van der Waals surface area (Å²) >= 11 is 0. The number of piperazine rings is 1. The molecule has 2 heterocycles. The summed E-state index contributed by atoms with van der Waals surface area (Å²) in [6.45, 7) is 4.18. The molecule has 0 aliphatic carbocycles. The van der Waals surface area contributed by atoms with Gasteiger partial charge in [-0.1, -0.05) is 30.3 Å². The summed E-state index contributed by atoms with van der Waals surface area (Å²) < 4.78 is 5.63. The van der Waals surface area contributed by atoms with E-state index in [0.717, 1.165) is 44.5 Å². The monoisotopic (exact) mass is 356 g/mol. The van der Waals surface area contributed by atoms with Gasteiger partial charge in [0, 0.05) is 19.6 Å². The van der Waals surface area contributed by atoms with Crippen molar-refractivity contribution in [1.82, 2.24) is 15.5 Å². The van der Waals surface area contributed by atoms with Gasteiger partial charge >= 0.3 is 6.09 Å². The first-order valence-corrected chi connectivity index (χ1v) is 9.53. The number of nitrogens with zero attached hydrogens (tertiary/aromatic N) is 2. The number of nitrogens with one attached hydrogen (secondary N) is 2. The van der Waals surface area contributed by atoms with Crippen LogP contribution in [0.15, 0.2) is 30.3 Å². The van der Waals surface area contributed by atoms with Crippen LogP contribution in [-0.2, 0) is 11.3 Å². The maximum absolute atomic E-state index is 12.9. The van der Waals surface area contributed by atoms with Crippen LogP contribution in [0.2, 0.25) is 0 Å². The van der Waals surface area contributed by atoms with Gasteiger partial charge in [0.05, 0.1) is 18.0 Å². The van der Waals surface area contributed by atoms with Gasteiger partial charge in [0.25, 0.3) is 0 Å². The number of benzene rings is 1. The van der Waals surface area contributed by atoms with Gasteiger partial charge in [0.15, 0.2) is 0 Å². The highest BCUT2D eigenvalue weighted by atomic mass is 16.6. The molecule has 1 aromatic rings. The Labute approximate surface area is 155 Å². The van der Waals surface area contributed by atoms with Crippen LogP contribution in [-0.4, -0.2) is 49.3 Å². The third-order valence-electron chi connectivity index (χ3n) is 5.63. The number of hydrogen-bond acceptors (Lipinski definition) is 5. The predicted octanol–water partition coefficient (Wildman–Crippen LogP) is 2.27. The summed E-state index contributed by atoms with van der Waals surface area (Å²) in [6, 6.07) is 12.1. The van der Waals surface area contributed by atoms with Crippen LogP contribution in [0.3, 0.4) is 0 Å². The summed E-state index contributed by atoms with van der Waals surface area (Å²) in [5.74, 6) is 0.300. The van der Waals surface area contributed by atoms with Gasteiger partial charge in [0.1, 0.15) is 6.61 Å². The molecule has 140 valence electrons. The van der Waals surface area contributed by atoms with Gasteiger partial charge < -0.3 is 15.4 Å². The second-order valence-corrected chi connectivity index (χ2v) is 7.18. The largest absolute Gasteiger partial charge is 0.445 e. The van der Waals surface area contributed by atoms with E-state index in [0.29, 0.717) is 25.4 Å². The van der Waals surface area contributed by atoms with Crippen molar-refractivity contribution in [3.63, 3.8) is 0 Å². The second-order valence-electron chi connectivity index (χ2n) is 7.18. The van der Waals surface area contributed by atoms with E-state index in [9.17, 15) is 10.1 Å². The van der Waals surface area contributed by atoms with Crippen molar-refractivity contribution in [2.45, 2.75) is 37.8 Å². The van der Waals surface area contributed by atoms with Crippen molar-refractivity contribution in [3.8, 4) is 6.07 Å². The molecule has 2 aliphatic rings. The lowest BCUT2D eigenvalue weighted by Crippen LogP contribution is -2.66. The van der Waals surface area contributed by atoms with Crippen molar-refractivity contribution in [2.24, 2.45) is 5.92 Å². The van der Waals surface area contributed by atoms with Gasteiger partial charge in [-0.05, 0) is 43.8 Å². The second kappa shape index (κ2) is 9.02. The zero-order chi connectivity index (χ0) is 18.2. The molecule has 2 aliphatic heterocycles. The molecule has 2 saturated heterocycles. The van der Waals surface area contributed by atoms with E-state index in [1.807, 2.05) is 35.2 Å². The molecule has 0 saturated carbocycles. The predicted molar refractivity (Wildman–Crippen MR) is 99.4 cm³/mol. The molecule has 6 nitrogen and oxygen atoms in total. The van der Waals surface area contributed by atoms with Crippen molar-refractivity contribution >= 4 is 6.09 Å². The Hall–Kier alpha value is -2.10. The van der Waals surface area contributed by atoms with Crippen LogP contribution >= 0.6 is 0 Å². The smallest absolute Gasteiger partial charge is 0.410 e. The van der Waals surface area contributed by atoms with Crippen molar-refractivity contribution in [1.29, 1.82) is 5.26 Å². The Morgan fingerprint density at radius 3 is 2.88 bits per heavy atom. The molecule has 2 unspecified atom stereocenters. The molecule has 1 amide bonds. The molecule has 26 heavy (non-hydrogen) atoms. The summed E-state index contributed by atoms with van der Waals surface area (Å²) in [4.78, 5) is 14.8. The van der Waals surface area contributed by atoms with Crippen LogP contribution in [0.4, 0.5) is 4.79 Å². The van der Waals surface area contributed by atoms with Gasteiger partial charge in [0.2, 0.25) is 0 Å². The van der Waals surface area contributed by atoms with Gasteiger partial charge in [-0.25, -0.2) is 4.79 Å². The van der Waals surface area contributed by atoms with Crippen molar-refractivity contribution in [2.75, 3.05) is 32.7 Å². The first kappa shape index (κ1) is 18.7. The van der Waals surface area contributed by atoms with Crippen molar-refractivity contribution in [3.05, 3.63) is 35.9 Å². The molecule has 1 aromatic carbocycles. The summed E-state index contributed by atoms with van der Waals surface area (Å²) in [7, 11) is 0. The molecule has 0 bridgehead atoms. The minimum absolute atomic E-state index is 0.262. The van der Waals surface area contributed by atoms with Gasteiger partial charge in [-0.3, -0.25) is 4.90 Å². The first-order chi connectivity index (χ1) is 12.8. The summed E-state index contributed by atoms with van der Waals surface area (Å²) in [6.07, 6.45) is 3.11. The van der Waals surface area contributed by atoms with Crippen LogP contribution in [0, 0.1) is 17.2 Å². The first-order valence-electron chi connectivity index (χ1n) is 9.53. The minimum Gasteiger partial charge on any atom is -0.445 e. The summed E-state index contributed by atoms with van der Waals surface area (Å²) in [5.41, 5.74) is 0.493. The minimum atomic E-state index is -0.479. The highest BCUT2D eigenvalue weighted by Gasteiger charge is 2.48. The average molecular weight is 356 g/mol. The molecule has 2 N–H and O–H groups in total. The topological polar surface area (TPSA) is 77.4 Å². The molecule has 2 atom stereocenters. The van der Waals surface area contributed by atoms with Crippen LogP contribution in [0.1, 0.15) is 31.2 Å². The number of amides is 1. The van der Waals surface area contributed by atoms with Crippen LogP contribution < -0.4 is 10.6 Å². The van der Waals surface area contributed by atoms with E-state index in [2.05, 4.69) is 16.7 Å². The number of ether oxygens (including phenoxy) is 1. The fraction of sp³-hybridized carbons (Fsp3) is 0.600. The highest BCUT2D eigenvalue weighted by Crippen LogP contribution is 2.36. The Morgan fingerprint density at radius 2 is 2.08 bits per heavy atom. The van der Waals surface area contributed by atoms with E-state index < -0.39 is 5.54 Å². The normalized spacial score (nSPS) is 26.6. The lowest BCUT2D eigenvalue weighted by molar-refractivity contribution is -0.00124. The molecule has 0 radical (unpaired) electrons. The van der Waals surface area contributed by atoms with Gasteiger partial charge in [-0.15, -0.1) is 0 Å². The Balaban J connectivity index is 1.76. The zero-order valence-electron chi connectivity index (χ0n) is 15.2. The Bertz CT molecular complexity index is 622. The van der Waals surface area contributed by atoms with E-state index >= 15 is 0 Å². The molecular formula is C20H28N4O2. The van der Waals surface area contributed by atoms with Crippen LogP contribution in [0.5, 0.6) is 0 Å². The Morgan fingerprint density at radius 1 is 1.23 bits per heavy atom. The SMILES string of the molecule is N#CCC1(C2CCCNCC2)CNCCN1C(=O)OCc1ccccc1. The number of carbonyl (C=O) groups is 1. The van der Waals surface area contributed by atoms with Gasteiger partial charge in [-0.2, -0.15) is 5.26 Å². The maximum atomic E-state index is 12.9. The number of carbonyl (C=O) groups excluding carboxylic acids is 1. The molecule has 3 rings (SSSR count). The number of hydrogen-bond donors (Lipinski definition) is 2. The zero-order valence-corrected chi connectivity index (χ0v) is 15.2. The molecular weight excluding hydrogens is 328 g/mol. The molecule has 2 fully saturated rings. The third-order valence-corrected chi connectivity index (χ3v) is 5.63. The van der Waals surface area contributed by atoms with E-state index in [1.54, 1.807) is 0 Å². The highest BCUT2D eigenvalue weighted by molar-refractivity contribution is 5.69. The molecule has 6 heteroatoms. The van der Waals surface area contributed by atoms with Crippen molar-refractivity contribution < 1.29 is 9.53 Å². The Kier molecular flexibility index (Phi) is 6.48. The standard InChI is InChI=1S/C20H28N4O2/c21-10-9-20(18-7-4-11-22-12-8-18)16-23-13-14-24(20)19(25)26-15-17-5-2-1-3-6-17/h1-3,5-6,18,22-23H,4,7-9,11-16H2. The molecule has 0 aromatic heterocycles. The fourth-order valence-electron chi connectivity index (χ4n) is 4.24. The van der Waals surface area contributed by atoms with E-state index in [4.69, 9.17) is 4.74 Å². The fourth-order valence-corrected chi connectivity index (χ4v) is 4.24. The number of rotatable bonds is 4. The lowest BCUT2D eigenvalue weighted by Gasteiger charge is -2.50. The third kappa shape index (κ3) is 4.17. The quantitative estimate of drug-likeness (QED) is 0.865.